The SMILES string of the molecule is Cc1cc(N2CCCC2)nc(NCCNC(=O)c2cccc(C(F)(F)F)c2)n1. The van der Waals surface area contributed by atoms with Crippen LogP contribution >= 0.6 is 0 Å². The number of alkyl halides is 3. The van der Waals surface area contributed by atoms with E-state index in [2.05, 4.69) is 25.5 Å². The van der Waals surface area contributed by atoms with Crippen molar-refractivity contribution in [3.63, 3.8) is 0 Å². The van der Waals surface area contributed by atoms with Crippen molar-refractivity contribution in [1.82, 2.24) is 15.3 Å². The number of carbonyl (C=O) groups is 1. The first-order valence-electron chi connectivity index (χ1n) is 9.13. The van der Waals surface area contributed by atoms with E-state index < -0.39 is 17.6 Å². The van der Waals surface area contributed by atoms with Crippen LogP contribution in [-0.4, -0.2) is 42.1 Å². The molecule has 0 aliphatic carbocycles. The summed E-state index contributed by atoms with van der Waals surface area (Å²) in [6.45, 7) is 4.42. The van der Waals surface area contributed by atoms with Crippen LogP contribution in [0, 0.1) is 6.92 Å². The Kier molecular flexibility index (Phi) is 6.01. The zero-order chi connectivity index (χ0) is 20.1. The number of benzene rings is 1. The average molecular weight is 393 g/mol. The van der Waals surface area contributed by atoms with E-state index in [0.29, 0.717) is 12.5 Å². The quantitative estimate of drug-likeness (QED) is 0.738. The average Bonchev–Trinajstić information content (AvgIpc) is 3.19. The van der Waals surface area contributed by atoms with Gasteiger partial charge in [-0.1, -0.05) is 6.07 Å². The molecular weight excluding hydrogens is 371 g/mol. The van der Waals surface area contributed by atoms with Crippen LogP contribution in [0.3, 0.4) is 0 Å². The van der Waals surface area contributed by atoms with Crippen molar-refractivity contribution in [2.75, 3.05) is 36.4 Å². The van der Waals surface area contributed by atoms with Crippen molar-refractivity contribution < 1.29 is 18.0 Å². The molecule has 1 aliphatic heterocycles. The maximum Gasteiger partial charge on any atom is 0.416 e. The third kappa shape index (κ3) is 5.11. The fourth-order valence-electron chi connectivity index (χ4n) is 3.03. The number of aryl methyl sites for hydroxylation is 1. The van der Waals surface area contributed by atoms with Gasteiger partial charge in [-0.05, 0) is 38.0 Å². The predicted octanol–water partition coefficient (Wildman–Crippen LogP) is 3.25. The van der Waals surface area contributed by atoms with E-state index in [0.717, 1.165) is 49.6 Å². The van der Waals surface area contributed by atoms with Crippen molar-refractivity contribution in [2.24, 2.45) is 0 Å². The third-order valence-electron chi connectivity index (χ3n) is 4.42. The van der Waals surface area contributed by atoms with Gasteiger partial charge in [-0.15, -0.1) is 0 Å². The first-order chi connectivity index (χ1) is 13.3. The second kappa shape index (κ2) is 8.45. The number of aromatic nitrogens is 2. The van der Waals surface area contributed by atoms with E-state index >= 15 is 0 Å². The summed E-state index contributed by atoms with van der Waals surface area (Å²) in [5.74, 6) is 0.784. The van der Waals surface area contributed by atoms with Crippen LogP contribution in [0.15, 0.2) is 30.3 Å². The molecule has 1 aromatic carbocycles. The number of anilines is 2. The van der Waals surface area contributed by atoms with Crippen LogP contribution in [0.25, 0.3) is 0 Å². The molecule has 0 unspecified atom stereocenters. The number of amides is 1. The van der Waals surface area contributed by atoms with Crippen molar-refractivity contribution in [3.05, 3.63) is 47.2 Å². The van der Waals surface area contributed by atoms with Crippen LogP contribution in [0.1, 0.15) is 34.5 Å². The zero-order valence-electron chi connectivity index (χ0n) is 15.5. The summed E-state index contributed by atoms with van der Waals surface area (Å²) in [6, 6.07) is 6.28. The molecule has 0 radical (unpaired) electrons. The third-order valence-corrected chi connectivity index (χ3v) is 4.42. The number of nitrogens with one attached hydrogen (secondary N) is 2. The van der Waals surface area contributed by atoms with E-state index in [4.69, 9.17) is 0 Å². The summed E-state index contributed by atoms with van der Waals surface area (Å²) < 4.78 is 38.2. The molecular formula is C19H22F3N5O. The maximum absolute atomic E-state index is 12.7. The molecule has 3 rings (SSSR count). The maximum atomic E-state index is 12.7. The summed E-state index contributed by atoms with van der Waals surface area (Å²) in [6.07, 6.45) is -2.19. The molecule has 1 aromatic heterocycles. The molecule has 6 nitrogen and oxygen atoms in total. The molecule has 0 atom stereocenters. The van der Waals surface area contributed by atoms with E-state index in [1.54, 1.807) is 0 Å². The fraction of sp³-hybridized carbons (Fsp3) is 0.421. The van der Waals surface area contributed by atoms with Crippen molar-refractivity contribution in [2.45, 2.75) is 25.9 Å². The monoisotopic (exact) mass is 393 g/mol. The van der Waals surface area contributed by atoms with Gasteiger partial charge in [0.25, 0.3) is 5.91 Å². The van der Waals surface area contributed by atoms with Gasteiger partial charge < -0.3 is 15.5 Å². The van der Waals surface area contributed by atoms with Crippen LogP contribution < -0.4 is 15.5 Å². The molecule has 1 fully saturated rings. The lowest BCUT2D eigenvalue weighted by molar-refractivity contribution is -0.137. The second-order valence-electron chi connectivity index (χ2n) is 6.65. The summed E-state index contributed by atoms with van der Waals surface area (Å²) in [5.41, 5.74) is -0.0359. The number of rotatable bonds is 6. The van der Waals surface area contributed by atoms with E-state index in [1.807, 2.05) is 13.0 Å². The molecule has 1 aliphatic rings. The highest BCUT2D eigenvalue weighted by Crippen LogP contribution is 2.29. The smallest absolute Gasteiger partial charge is 0.356 e. The highest BCUT2D eigenvalue weighted by molar-refractivity contribution is 5.94. The van der Waals surface area contributed by atoms with Crippen LogP contribution in [-0.2, 0) is 6.18 Å². The Balaban J connectivity index is 1.52. The standard InChI is InChI=1S/C19H22F3N5O/c1-13-11-16(27-9-2-3-10-27)26-18(25-13)24-8-7-23-17(28)14-5-4-6-15(12-14)19(20,21)22/h4-6,11-12H,2-3,7-10H2,1H3,(H,23,28)(H,24,25,26). The fourth-order valence-corrected chi connectivity index (χ4v) is 3.03. The predicted molar refractivity (Wildman–Crippen MR) is 100 cm³/mol. The molecule has 150 valence electrons. The first kappa shape index (κ1) is 19.9. The molecule has 0 spiro atoms. The Labute approximate surface area is 161 Å². The minimum absolute atomic E-state index is 0.0297. The second-order valence-corrected chi connectivity index (χ2v) is 6.65. The van der Waals surface area contributed by atoms with Gasteiger partial charge in [-0.3, -0.25) is 4.79 Å². The molecule has 0 bridgehead atoms. The lowest BCUT2D eigenvalue weighted by atomic mass is 10.1. The molecule has 28 heavy (non-hydrogen) atoms. The lowest BCUT2D eigenvalue weighted by Crippen LogP contribution is -2.29. The largest absolute Gasteiger partial charge is 0.416 e. The topological polar surface area (TPSA) is 70.2 Å². The van der Waals surface area contributed by atoms with Gasteiger partial charge in [0, 0.05) is 43.5 Å². The van der Waals surface area contributed by atoms with Gasteiger partial charge in [0.05, 0.1) is 5.56 Å². The number of nitrogens with zero attached hydrogens (tertiary/aromatic N) is 3. The van der Waals surface area contributed by atoms with Crippen molar-refractivity contribution >= 4 is 17.7 Å². The Morgan fingerprint density at radius 1 is 1.14 bits per heavy atom. The van der Waals surface area contributed by atoms with Gasteiger partial charge in [-0.25, -0.2) is 4.98 Å². The van der Waals surface area contributed by atoms with E-state index in [9.17, 15) is 18.0 Å². The molecule has 0 saturated carbocycles. The molecule has 2 heterocycles. The summed E-state index contributed by atoms with van der Waals surface area (Å²) in [4.78, 5) is 23.1. The van der Waals surface area contributed by atoms with Gasteiger partial charge >= 0.3 is 6.18 Å². The van der Waals surface area contributed by atoms with Crippen LogP contribution in [0.2, 0.25) is 0 Å². The zero-order valence-corrected chi connectivity index (χ0v) is 15.5. The number of halogens is 3. The van der Waals surface area contributed by atoms with E-state index in [-0.39, 0.29) is 12.1 Å². The van der Waals surface area contributed by atoms with Gasteiger partial charge in [-0.2, -0.15) is 18.2 Å². The Morgan fingerprint density at radius 2 is 1.89 bits per heavy atom. The van der Waals surface area contributed by atoms with Gasteiger partial charge in [0.1, 0.15) is 5.82 Å². The summed E-state index contributed by atoms with van der Waals surface area (Å²) >= 11 is 0. The highest BCUT2D eigenvalue weighted by atomic mass is 19.4. The Bertz CT molecular complexity index is 835. The molecule has 2 N–H and O–H groups in total. The Hall–Kier alpha value is -2.84. The van der Waals surface area contributed by atoms with Gasteiger partial charge in [0.2, 0.25) is 5.95 Å². The van der Waals surface area contributed by atoms with Crippen LogP contribution in [0.4, 0.5) is 24.9 Å². The molecule has 2 aromatic rings. The minimum atomic E-state index is -4.48. The van der Waals surface area contributed by atoms with Crippen LogP contribution in [0.5, 0.6) is 0 Å². The summed E-state index contributed by atoms with van der Waals surface area (Å²) in [5, 5.41) is 5.65. The normalized spacial score (nSPS) is 14.2. The number of carbonyl (C=O) groups excluding carboxylic acids is 1. The highest BCUT2D eigenvalue weighted by Gasteiger charge is 2.30. The first-order valence-corrected chi connectivity index (χ1v) is 9.13. The summed E-state index contributed by atoms with van der Waals surface area (Å²) in [7, 11) is 0. The van der Waals surface area contributed by atoms with Crippen molar-refractivity contribution in [3.8, 4) is 0 Å². The number of hydrogen-bond donors (Lipinski definition) is 2. The van der Waals surface area contributed by atoms with Gasteiger partial charge in [0.15, 0.2) is 0 Å². The minimum Gasteiger partial charge on any atom is -0.356 e. The molecule has 1 saturated heterocycles. The lowest BCUT2D eigenvalue weighted by Gasteiger charge is -2.17. The molecule has 1 amide bonds. The number of hydrogen-bond acceptors (Lipinski definition) is 5. The van der Waals surface area contributed by atoms with E-state index in [1.165, 1.54) is 12.1 Å². The van der Waals surface area contributed by atoms with Crippen molar-refractivity contribution in [1.29, 1.82) is 0 Å². The molecule has 9 heteroatoms. The Morgan fingerprint density at radius 3 is 2.61 bits per heavy atom.